The van der Waals surface area contributed by atoms with Crippen molar-refractivity contribution in [2.75, 3.05) is 5.32 Å². The molecule has 9 aromatic rings. The topological polar surface area (TPSA) is 48.8 Å². The van der Waals surface area contributed by atoms with Gasteiger partial charge in [0.15, 0.2) is 6.17 Å². The van der Waals surface area contributed by atoms with E-state index < -0.39 is 6.17 Å². The molecule has 0 fully saturated rings. The Bertz CT molecular complexity index is 3310. The maximum absolute atomic E-state index is 5.28. The lowest BCUT2D eigenvalue weighted by Gasteiger charge is -2.33. The van der Waals surface area contributed by atoms with E-state index in [2.05, 4.69) is 237 Å². The molecule has 0 saturated carbocycles. The largest absolute Gasteiger partial charge is 0.373 e. The lowest BCUT2D eigenvalue weighted by atomic mass is 9.80. The number of nitrogens with one attached hydrogen (secondary N) is 2. The molecule has 0 saturated heterocycles. The number of anilines is 1. The van der Waals surface area contributed by atoms with Crippen LogP contribution in [0.3, 0.4) is 0 Å². The van der Waals surface area contributed by atoms with Gasteiger partial charge in [0, 0.05) is 27.7 Å². The van der Waals surface area contributed by atoms with Crippen molar-refractivity contribution in [3.63, 3.8) is 0 Å². The lowest BCUT2D eigenvalue weighted by molar-refractivity contribution is 0.660. The second-order valence-electron chi connectivity index (χ2n) is 17.8. The van der Waals surface area contributed by atoms with Gasteiger partial charge in [-0.1, -0.05) is 226 Å². The van der Waals surface area contributed by atoms with Gasteiger partial charge in [-0.2, -0.15) is 0 Å². The summed E-state index contributed by atoms with van der Waals surface area (Å²) in [6, 6.07) is 78.6. The summed E-state index contributed by atoms with van der Waals surface area (Å²) in [5.41, 5.74) is 21.7. The summed E-state index contributed by atoms with van der Waals surface area (Å²) in [6.07, 6.45) is -0.429. The van der Waals surface area contributed by atoms with Gasteiger partial charge < -0.3 is 10.6 Å². The fraction of sp³-hybridized carbons (Fsp3) is 0.0820. The predicted molar refractivity (Wildman–Crippen MR) is 269 cm³/mol. The summed E-state index contributed by atoms with van der Waals surface area (Å²) in [4.78, 5) is 10.5. The van der Waals surface area contributed by atoms with E-state index in [1.807, 2.05) is 6.07 Å². The Labute approximate surface area is 380 Å². The van der Waals surface area contributed by atoms with Crippen LogP contribution in [0, 0.1) is 0 Å². The van der Waals surface area contributed by atoms with E-state index in [9.17, 15) is 0 Å². The Morgan fingerprint density at radius 2 is 0.908 bits per heavy atom. The van der Waals surface area contributed by atoms with Gasteiger partial charge >= 0.3 is 0 Å². The van der Waals surface area contributed by atoms with E-state index in [0.29, 0.717) is 0 Å². The van der Waals surface area contributed by atoms with Gasteiger partial charge in [-0.3, -0.25) is 0 Å². The third-order valence-corrected chi connectivity index (χ3v) is 13.6. The first-order valence-corrected chi connectivity index (χ1v) is 22.5. The Morgan fingerprint density at radius 1 is 0.385 bits per heavy atom. The number of hydrogen-bond donors (Lipinski definition) is 2. The van der Waals surface area contributed by atoms with Crippen molar-refractivity contribution in [3.8, 4) is 55.6 Å². The van der Waals surface area contributed by atoms with Crippen molar-refractivity contribution in [2.24, 2.45) is 9.98 Å². The van der Waals surface area contributed by atoms with Crippen molar-refractivity contribution in [3.05, 3.63) is 257 Å². The van der Waals surface area contributed by atoms with Gasteiger partial charge in [0.1, 0.15) is 11.7 Å². The molecule has 0 bridgehead atoms. The van der Waals surface area contributed by atoms with E-state index in [4.69, 9.17) is 9.98 Å². The van der Waals surface area contributed by atoms with E-state index >= 15 is 0 Å². The lowest BCUT2D eigenvalue weighted by Crippen LogP contribution is -2.36. The Kier molecular flexibility index (Phi) is 9.27. The molecule has 310 valence electrons. The fourth-order valence-corrected chi connectivity index (χ4v) is 10.3. The van der Waals surface area contributed by atoms with E-state index in [0.717, 1.165) is 45.2 Å². The van der Waals surface area contributed by atoms with Gasteiger partial charge in [-0.05, 0) is 78.4 Å². The number of rotatable bonds is 7. The molecule has 4 heteroatoms. The van der Waals surface area contributed by atoms with Crippen LogP contribution in [-0.2, 0) is 5.41 Å². The molecular formula is C61H46N4. The molecule has 0 amide bonds. The normalized spacial score (nSPS) is 16.4. The average Bonchev–Trinajstić information content (AvgIpc) is 3.61. The molecule has 2 N–H and O–H groups in total. The number of benzene rings is 9. The maximum atomic E-state index is 5.28. The van der Waals surface area contributed by atoms with Crippen LogP contribution in [0.15, 0.2) is 228 Å². The first-order chi connectivity index (χ1) is 32.0. The minimum atomic E-state index is -0.429. The Balaban J connectivity index is 0.891. The van der Waals surface area contributed by atoms with Gasteiger partial charge in [-0.25, -0.2) is 9.98 Å². The predicted octanol–water partition coefficient (Wildman–Crippen LogP) is 14.7. The first kappa shape index (κ1) is 38.6. The monoisotopic (exact) mass is 834 g/mol. The number of aliphatic imine (C=N–C) groups is 2. The zero-order chi connectivity index (χ0) is 43.5. The average molecular weight is 835 g/mol. The van der Waals surface area contributed by atoms with Crippen molar-refractivity contribution in [1.82, 2.24) is 5.32 Å². The van der Waals surface area contributed by atoms with Gasteiger partial charge in [-0.15, -0.1) is 0 Å². The van der Waals surface area contributed by atoms with Gasteiger partial charge in [0.25, 0.3) is 0 Å². The van der Waals surface area contributed by atoms with E-state index in [1.165, 1.54) is 66.8 Å². The summed E-state index contributed by atoms with van der Waals surface area (Å²) in [5.74, 6) is 1.60. The highest BCUT2D eigenvalue weighted by Crippen LogP contribution is 2.51. The zero-order valence-electron chi connectivity index (χ0n) is 36.3. The number of hydrogen-bond acceptors (Lipinski definition) is 4. The molecule has 2 heterocycles. The summed E-state index contributed by atoms with van der Waals surface area (Å²) in [7, 11) is 0. The quantitative estimate of drug-likeness (QED) is 0.168. The van der Waals surface area contributed by atoms with Gasteiger partial charge in [0.05, 0.1) is 11.7 Å². The Morgan fingerprint density at radius 3 is 1.65 bits per heavy atom. The molecule has 1 aliphatic carbocycles. The number of amidine groups is 2. The molecule has 2 aliphatic heterocycles. The minimum Gasteiger partial charge on any atom is -0.373 e. The van der Waals surface area contributed by atoms with Crippen LogP contribution in [0.4, 0.5) is 5.69 Å². The zero-order valence-corrected chi connectivity index (χ0v) is 36.3. The summed E-state index contributed by atoms with van der Waals surface area (Å²) >= 11 is 0. The van der Waals surface area contributed by atoms with Crippen LogP contribution < -0.4 is 10.6 Å². The molecule has 0 radical (unpaired) electrons. The molecular weight excluding hydrogens is 789 g/mol. The smallest absolute Gasteiger partial charge is 0.169 e. The van der Waals surface area contributed by atoms with Crippen LogP contribution >= 0.6 is 0 Å². The molecule has 9 aromatic carbocycles. The molecule has 12 rings (SSSR count). The summed E-state index contributed by atoms with van der Waals surface area (Å²) in [5, 5.41) is 7.63. The Hall–Kier alpha value is -8.08. The van der Waals surface area contributed by atoms with Crippen molar-refractivity contribution in [2.45, 2.75) is 31.5 Å². The highest BCUT2D eigenvalue weighted by Gasteiger charge is 2.35. The third kappa shape index (κ3) is 6.69. The van der Waals surface area contributed by atoms with Gasteiger partial charge in [0.2, 0.25) is 0 Å². The maximum Gasteiger partial charge on any atom is 0.169 e. The van der Waals surface area contributed by atoms with E-state index in [-0.39, 0.29) is 11.5 Å². The van der Waals surface area contributed by atoms with E-state index in [1.54, 1.807) is 0 Å². The molecule has 65 heavy (non-hydrogen) atoms. The molecule has 0 spiro atoms. The number of fused-ring (bicyclic) bond motifs is 6. The van der Waals surface area contributed by atoms with Crippen LogP contribution in [-0.4, -0.2) is 11.7 Å². The summed E-state index contributed by atoms with van der Waals surface area (Å²) in [6.45, 7) is 4.67. The number of nitrogens with zero attached hydrogens (tertiary/aromatic N) is 2. The standard InChI is InChI=1S/C61H46N4/c1-61(2)53-27-13-12-22-49(53)50-37-36-46(38-54(50)61)39-28-32-44(33-29-39)59-63-58(43-20-10-5-11-21-43)64-60(65-59)45-34-30-41(31-35-45)48-24-15-26-52-55-47(40-16-6-3-7-17-40)23-14-25-51(55)56(62-57(48)52)42-18-8-4-9-19-42/h3-38,56,60,62H,1-2H3,(H,63,64,65)/t56-,60?/m1/s1. The molecule has 2 atom stereocenters. The molecule has 4 nitrogen and oxygen atoms in total. The van der Waals surface area contributed by atoms with Crippen LogP contribution in [0.5, 0.6) is 0 Å². The van der Waals surface area contributed by atoms with Crippen LogP contribution in [0.1, 0.15) is 65.0 Å². The third-order valence-electron chi connectivity index (χ3n) is 13.6. The highest BCUT2D eigenvalue weighted by molar-refractivity contribution is 6.16. The first-order valence-electron chi connectivity index (χ1n) is 22.5. The van der Waals surface area contributed by atoms with Crippen molar-refractivity contribution in [1.29, 1.82) is 0 Å². The van der Waals surface area contributed by atoms with Crippen LogP contribution in [0.2, 0.25) is 0 Å². The SMILES string of the molecule is CC1(C)c2ccccc2-c2ccc(-c3ccc(C4=NC(c5ccc(-c6cccc7c6N[C@H](c6ccccc6)c6cccc(-c8ccccc8)c6-7)cc5)N=C(c5ccccc5)N4)cc3)cc21. The molecule has 3 aliphatic rings. The van der Waals surface area contributed by atoms with Crippen molar-refractivity contribution < 1.29 is 0 Å². The second kappa shape index (κ2) is 15.6. The fourth-order valence-electron chi connectivity index (χ4n) is 10.3. The summed E-state index contributed by atoms with van der Waals surface area (Å²) < 4.78 is 0. The minimum absolute atomic E-state index is 0.0106. The van der Waals surface area contributed by atoms with Crippen LogP contribution in [0.25, 0.3) is 55.6 Å². The second-order valence-corrected chi connectivity index (χ2v) is 17.8. The molecule has 1 unspecified atom stereocenters. The highest BCUT2D eigenvalue weighted by atomic mass is 15.2. The number of para-hydroxylation sites is 1. The molecule has 0 aromatic heterocycles. The van der Waals surface area contributed by atoms with Crippen molar-refractivity contribution >= 4 is 17.4 Å².